The summed E-state index contributed by atoms with van der Waals surface area (Å²) in [5.74, 6) is -0.0873. The molecule has 1 atom stereocenters. The molecule has 0 aliphatic carbocycles. The second-order valence-electron chi connectivity index (χ2n) is 6.60. The molecule has 1 unspecified atom stereocenters. The molecule has 3 rings (SSSR count). The minimum Gasteiger partial charge on any atom is -0.492 e. The largest absolute Gasteiger partial charge is 0.492 e. The molecule has 0 bridgehead atoms. The third-order valence-electron chi connectivity index (χ3n) is 4.72. The highest BCUT2D eigenvalue weighted by Crippen LogP contribution is 2.34. The average Bonchev–Trinajstić information content (AvgIpc) is 2.72. The number of benzene rings is 2. The lowest BCUT2D eigenvalue weighted by Gasteiger charge is -2.35. The molecule has 1 aliphatic rings. The molecule has 8 heteroatoms. The number of hydrogen-bond donors (Lipinski definition) is 1. The SMILES string of the molecule is C=CCNC(=O)C1Cc2ccccc2CN1S(=O)(=O)c1cc(Br)ccc1OCC. The summed E-state index contributed by atoms with van der Waals surface area (Å²) >= 11 is 3.34. The highest BCUT2D eigenvalue weighted by Gasteiger charge is 2.40. The van der Waals surface area contributed by atoms with E-state index in [4.69, 9.17) is 4.74 Å². The topological polar surface area (TPSA) is 75.7 Å². The highest BCUT2D eigenvalue weighted by atomic mass is 79.9. The number of carbonyl (C=O) groups is 1. The van der Waals surface area contributed by atoms with Crippen LogP contribution in [-0.4, -0.2) is 37.8 Å². The van der Waals surface area contributed by atoms with Crippen molar-refractivity contribution in [3.63, 3.8) is 0 Å². The predicted molar refractivity (Wildman–Crippen MR) is 115 cm³/mol. The Morgan fingerprint density at radius 3 is 2.72 bits per heavy atom. The fourth-order valence-corrected chi connectivity index (χ4v) is 5.59. The number of sulfonamides is 1. The molecule has 154 valence electrons. The van der Waals surface area contributed by atoms with Gasteiger partial charge in [0, 0.05) is 17.6 Å². The molecule has 1 N–H and O–H groups in total. The first-order chi connectivity index (χ1) is 13.9. The summed E-state index contributed by atoms with van der Waals surface area (Å²) in [5, 5.41) is 2.73. The van der Waals surface area contributed by atoms with Gasteiger partial charge in [0.15, 0.2) is 0 Å². The van der Waals surface area contributed by atoms with Crippen LogP contribution in [0.2, 0.25) is 0 Å². The molecular formula is C21H23BrN2O4S. The number of halogens is 1. The van der Waals surface area contributed by atoms with Crippen LogP contribution in [0, 0.1) is 0 Å². The molecule has 1 heterocycles. The Kier molecular flexibility index (Phi) is 6.77. The maximum Gasteiger partial charge on any atom is 0.247 e. The van der Waals surface area contributed by atoms with Crippen LogP contribution in [0.25, 0.3) is 0 Å². The zero-order valence-electron chi connectivity index (χ0n) is 16.1. The number of hydrogen-bond acceptors (Lipinski definition) is 4. The van der Waals surface area contributed by atoms with Crippen molar-refractivity contribution >= 4 is 31.9 Å². The van der Waals surface area contributed by atoms with Crippen LogP contribution in [0.15, 0.2) is 64.5 Å². The van der Waals surface area contributed by atoms with E-state index in [1.54, 1.807) is 25.1 Å². The van der Waals surface area contributed by atoms with Crippen LogP contribution in [-0.2, 0) is 27.8 Å². The number of rotatable bonds is 7. The van der Waals surface area contributed by atoms with Crippen molar-refractivity contribution < 1.29 is 17.9 Å². The summed E-state index contributed by atoms with van der Waals surface area (Å²) in [6.45, 7) is 6.11. The van der Waals surface area contributed by atoms with Crippen LogP contribution in [0.5, 0.6) is 5.75 Å². The standard InChI is InChI=1S/C21H23BrN2O4S/c1-3-11-23-21(25)18-12-15-7-5-6-8-16(15)14-24(18)29(26,27)20-13-17(22)9-10-19(20)28-4-2/h3,5-10,13,18H,1,4,11-12,14H2,2H3,(H,23,25). The Morgan fingerprint density at radius 2 is 2.03 bits per heavy atom. The molecule has 0 fully saturated rings. The Hall–Kier alpha value is -2.16. The fraction of sp³-hybridized carbons (Fsp3) is 0.286. The maximum atomic E-state index is 13.7. The van der Waals surface area contributed by atoms with E-state index in [1.807, 2.05) is 24.3 Å². The van der Waals surface area contributed by atoms with Gasteiger partial charge in [0.05, 0.1) is 6.61 Å². The molecule has 0 spiro atoms. The normalized spacial score (nSPS) is 16.7. The first-order valence-corrected chi connectivity index (χ1v) is 11.5. The minimum atomic E-state index is -4.01. The van der Waals surface area contributed by atoms with Crippen LogP contribution in [0.3, 0.4) is 0 Å². The lowest BCUT2D eigenvalue weighted by molar-refractivity contribution is -0.125. The molecule has 2 aromatic rings. The van der Waals surface area contributed by atoms with Crippen LogP contribution >= 0.6 is 15.9 Å². The van der Waals surface area contributed by atoms with Crippen molar-refractivity contribution in [2.45, 2.75) is 30.8 Å². The quantitative estimate of drug-likeness (QED) is 0.619. The average molecular weight is 479 g/mol. The van der Waals surface area contributed by atoms with Crippen molar-refractivity contribution in [3.8, 4) is 5.75 Å². The van der Waals surface area contributed by atoms with Crippen LogP contribution in [0.4, 0.5) is 0 Å². The van der Waals surface area contributed by atoms with Gasteiger partial charge in [-0.2, -0.15) is 4.31 Å². The molecule has 6 nitrogen and oxygen atoms in total. The maximum absolute atomic E-state index is 13.7. The van der Waals surface area contributed by atoms with E-state index < -0.39 is 16.1 Å². The Balaban J connectivity index is 2.08. The van der Waals surface area contributed by atoms with Crippen molar-refractivity contribution in [1.82, 2.24) is 9.62 Å². The lowest BCUT2D eigenvalue weighted by Crippen LogP contribution is -2.52. The van der Waals surface area contributed by atoms with E-state index >= 15 is 0 Å². The number of ether oxygens (including phenoxy) is 1. The van der Waals surface area contributed by atoms with Gasteiger partial charge in [-0.25, -0.2) is 8.42 Å². The van der Waals surface area contributed by atoms with Gasteiger partial charge in [0.1, 0.15) is 16.7 Å². The monoisotopic (exact) mass is 478 g/mol. The number of carbonyl (C=O) groups excluding carboxylic acids is 1. The number of fused-ring (bicyclic) bond motifs is 1. The fourth-order valence-electron chi connectivity index (χ4n) is 3.35. The van der Waals surface area contributed by atoms with E-state index in [9.17, 15) is 13.2 Å². The zero-order chi connectivity index (χ0) is 21.0. The molecule has 0 radical (unpaired) electrons. The van der Waals surface area contributed by atoms with Crippen molar-refractivity contribution in [3.05, 3.63) is 70.7 Å². The first kappa shape index (κ1) is 21.5. The van der Waals surface area contributed by atoms with Gasteiger partial charge in [0.25, 0.3) is 0 Å². The summed E-state index contributed by atoms with van der Waals surface area (Å²) in [6.07, 6.45) is 1.87. The lowest BCUT2D eigenvalue weighted by atomic mass is 9.95. The van der Waals surface area contributed by atoms with Crippen LogP contribution in [0.1, 0.15) is 18.1 Å². The summed E-state index contributed by atoms with van der Waals surface area (Å²) in [5.41, 5.74) is 1.86. The third kappa shape index (κ3) is 4.55. The second kappa shape index (κ2) is 9.11. The smallest absolute Gasteiger partial charge is 0.247 e. The second-order valence-corrected chi connectivity index (χ2v) is 9.37. The van der Waals surface area contributed by atoms with Gasteiger partial charge in [0.2, 0.25) is 15.9 Å². The number of amides is 1. The van der Waals surface area contributed by atoms with Crippen molar-refractivity contribution in [2.24, 2.45) is 0 Å². The van der Waals surface area contributed by atoms with E-state index in [2.05, 4.69) is 27.8 Å². The summed E-state index contributed by atoms with van der Waals surface area (Å²) in [6, 6.07) is 11.6. The Labute approximate surface area is 179 Å². The van der Waals surface area contributed by atoms with Crippen molar-refractivity contribution in [1.29, 1.82) is 0 Å². The molecule has 0 saturated heterocycles. The molecule has 29 heavy (non-hydrogen) atoms. The molecule has 1 amide bonds. The third-order valence-corrected chi connectivity index (χ3v) is 7.09. The van der Waals surface area contributed by atoms with Gasteiger partial charge in [-0.3, -0.25) is 4.79 Å². The molecule has 2 aromatic carbocycles. The predicted octanol–water partition coefficient (Wildman–Crippen LogP) is 3.27. The highest BCUT2D eigenvalue weighted by molar-refractivity contribution is 9.10. The van der Waals surface area contributed by atoms with E-state index in [-0.39, 0.29) is 29.6 Å². The van der Waals surface area contributed by atoms with Gasteiger partial charge < -0.3 is 10.1 Å². The molecule has 1 aliphatic heterocycles. The Morgan fingerprint density at radius 1 is 1.31 bits per heavy atom. The summed E-state index contributed by atoms with van der Waals surface area (Å²) in [7, 11) is -4.01. The molecule has 0 aromatic heterocycles. The molecule has 0 saturated carbocycles. The minimum absolute atomic E-state index is 0.0367. The first-order valence-electron chi connectivity index (χ1n) is 9.28. The summed E-state index contributed by atoms with van der Waals surface area (Å²) in [4.78, 5) is 12.9. The molecular weight excluding hydrogens is 456 g/mol. The Bertz CT molecular complexity index is 1020. The van der Waals surface area contributed by atoms with E-state index in [0.29, 0.717) is 17.5 Å². The van der Waals surface area contributed by atoms with E-state index in [1.165, 1.54) is 10.4 Å². The van der Waals surface area contributed by atoms with E-state index in [0.717, 1.165) is 11.1 Å². The van der Waals surface area contributed by atoms with Crippen molar-refractivity contribution in [2.75, 3.05) is 13.2 Å². The zero-order valence-corrected chi connectivity index (χ0v) is 18.5. The van der Waals surface area contributed by atoms with Gasteiger partial charge in [-0.1, -0.05) is 46.3 Å². The van der Waals surface area contributed by atoms with Gasteiger partial charge >= 0.3 is 0 Å². The number of nitrogens with zero attached hydrogens (tertiary/aromatic N) is 1. The van der Waals surface area contributed by atoms with Gasteiger partial charge in [-0.05, 0) is 42.7 Å². The van der Waals surface area contributed by atoms with Crippen LogP contribution < -0.4 is 10.1 Å². The number of nitrogens with one attached hydrogen (secondary N) is 1. The van der Waals surface area contributed by atoms with Gasteiger partial charge in [-0.15, -0.1) is 6.58 Å². The summed E-state index contributed by atoms with van der Waals surface area (Å²) < 4.78 is 34.8.